The number of carbonyl (C=O) groups is 1. The summed E-state index contributed by atoms with van der Waals surface area (Å²) in [5.74, 6) is -0.214. The fraction of sp³-hybridized carbons (Fsp3) is 0.0909. The van der Waals surface area contributed by atoms with Gasteiger partial charge in [-0.2, -0.15) is 0 Å². The van der Waals surface area contributed by atoms with E-state index in [1.807, 2.05) is 49.4 Å². The smallest absolute Gasteiger partial charge is 0.289 e. The third-order valence-electron chi connectivity index (χ3n) is 5.05. The van der Waals surface area contributed by atoms with Crippen molar-refractivity contribution in [2.75, 3.05) is 0 Å². The number of benzene rings is 2. The average Bonchev–Trinajstić information content (AvgIpc) is 3.36. The molecule has 0 bridgehead atoms. The van der Waals surface area contributed by atoms with Crippen molar-refractivity contribution in [2.45, 2.75) is 13.0 Å². The first kappa shape index (κ1) is 18.3. The Morgan fingerprint density at radius 2 is 1.77 bits per heavy atom. The Balaban J connectivity index is 1.47. The first-order valence-electron chi connectivity index (χ1n) is 9.43. The lowest BCUT2D eigenvalue weighted by molar-refractivity contribution is 0.0930. The number of carbonyl (C=O) groups excluding carboxylic acids is 1. The van der Waals surface area contributed by atoms with Crippen molar-refractivity contribution in [2.24, 2.45) is 0 Å². The summed E-state index contributed by atoms with van der Waals surface area (Å²) >= 11 is 6.23. The van der Waals surface area contributed by atoms with Crippen LogP contribution in [0.5, 0.6) is 0 Å². The Labute approximate surface area is 176 Å². The second-order valence-corrected chi connectivity index (χ2v) is 7.42. The summed E-state index contributed by atoms with van der Waals surface area (Å²) < 4.78 is 0. The van der Waals surface area contributed by atoms with Crippen molar-refractivity contribution < 1.29 is 4.79 Å². The van der Waals surface area contributed by atoms with E-state index in [-0.39, 0.29) is 17.8 Å². The lowest BCUT2D eigenvalue weighted by Crippen LogP contribution is -2.27. The summed E-state index contributed by atoms with van der Waals surface area (Å²) in [6.07, 6.45) is 3.48. The van der Waals surface area contributed by atoms with Gasteiger partial charge >= 0.3 is 0 Å². The molecule has 0 aliphatic carbocycles. The van der Waals surface area contributed by atoms with Gasteiger partial charge in [-0.1, -0.05) is 29.8 Å². The Hall–Kier alpha value is -3.71. The maximum Gasteiger partial charge on any atom is 0.289 e. The first-order chi connectivity index (χ1) is 14.6. The van der Waals surface area contributed by atoms with Gasteiger partial charge in [-0.25, -0.2) is 9.97 Å². The van der Waals surface area contributed by atoms with Gasteiger partial charge in [0.15, 0.2) is 0 Å². The van der Waals surface area contributed by atoms with Crippen LogP contribution >= 0.6 is 11.6 Å². The molecule has 0 radical (unpaired) electrons. The predicted octanol–water partition coefficient (Wildman–Crippen LogP) is 4.65. The van der Waals surface area contributed by atoms with Crippen LogP contribution in [-0.2, 0) is 0 Å². The number of pyridine rings is 1. The molecule has 8 heteroatoms. The van der Waals surface area contributed by atoms with Gasteiger partial charge in [0.2, 0.25) is 5.82 Å². The fourth-order valence-corrected chi connectivity index (χ4v) is 3.83. The highest BCUT2D eigenvalue weighted by Gasteiger charge is 2.18. The molecule has 0 unspecified atom stereocenters. The van der Waals surface area contributed by atoms with E-state index in [1.54, 1.807) is 18.5 Å². The van der Waals surface area contributed by atoms with Gasteiger partial charge in [-0.05, 0) is 42.8 Å². The monoisotopic (exact) mass is 416 g/mol. The number of halogens is 1. The number of imidazole rings is 1. The van der Waals surface area contributed by atoms with E-state index in [1.165, 1.54) is 0 Å². The summed E-state index contributed by atoms with van der Waals surface area (Å²) in [5, 5.41) is 10.8. The molecule has 148 valence electrons. The van der Waals surface area contributed by atoms with E-state index in [9.17, 15) is 4.79 Å². The SMILES string of the molecule is C[C@@H](NC(=O)c1nc2cc3[nH][nH]c(-c4ccncc4)c3cc2n1)c1ccccc1Cl. The van der Waals surface area contributed by atoms with Crippen molar-refractivity contribution in [3.8, 4) is 11.3 Å². The topological polar surface area (TPSA) is 99.3 Å². The summed E-state index contributed by atoms with van der Waals surface area (Å²) in [4.78, 5) is 25.7. The third kappa shape index (κ3) is 3.19. The Morgan fingerprint density at radius 1 is 1.03 bits per heavy atom. The molecule has 5 aromatic rings. The van der Waals surface area contributed by atoms with Crippen LogP contribution in [0, 0.1) is 0 Å². The number of nitrogens with one attached hydrogen (secondary N) is 3. The molecule has 2 aromatic carbocycles. The second-order valence-electron chi connectivity index (χ2n) is 7.01. The second kappa shape index (κ2) is 7.27. The summed E-state index contributed by atoms with van der Waals surface area (Å²) in [5.41, 5.74) is 4.95. The number of H-pyrrole nitrogens is 2. The molecule has 1 amide bonds. The van der Waals surface area contributed by atoms with Crippen LogP contribution in [0.1, 0.15) is 29.1 Å². The van der Waals surface area contributed by atoms with Crippen LogP contribution in [0.4, 0.5) is 0 Å². The Bertz CT molecular complexity index is 1370. The molecule has 7 nitrogen and oxygen atoms in total. The predicted molar refractivity (Wildman–Crippen MR) is 116 cm³/mol. The molecule has 0 saturated carbocycles. The molecular weight excluding hydrogens is 400 g/mol. The lowest BCUT2D eigenvalue weighted by atomic mass is 10.1. The van der Waals surface area contributed by atoms with Crippen LogP contribution in [0.25, 0.3) is 33.2 Å². The highest BCUT2D eigenvalue weighted by atomic mass is 35.5. The molecule has 3 heterocycles. The third-order valence-corrected chi connectivity index (χ3v) is 5.39. The van der Waals surface area contributed by atoms with Crippen LogP contribution in [0.2, 0.25) is 5.02 Å². The zero-order chi connectivity index (χ0) is 20.7. The number of hydrogen-bond acceptors (Lipinski definition) is 4. The maximum atomic E-state index is 12.7. The average molecular weight is 417 g/mol. The van der Waals surface area contributed by atoms with E-state index in [2.05, 4.69) is 30.5 Å². The lowest BCUT2D eigenvalue weighted by Gasteiger charge is -2.14. The molecule has 1 atom stereocenters. The van der Waals surface area contributed by atoms with Gasteiger partial charge in [0.05, 0.1) is 28.3 Å². The first-order valence-corrected chi connectivity index (χ1v) is 9.81. The number of amides is 1. The fourth-order valence-electron chi connectivity index (χ4n) is 3.53. The number of rotatable bonds is 4. The number of aromatic amines is 2. The maximum absolute atomic E-state index is 12.7. The number of aromatic nitrogens is 5. The van der Waals surface area contributed by atoms with Gasteiger partial charge in [0.1, 0.15) is 0 Å². The Morgan fingerprint density at radius 3 is 2.53 bits per heavy atom. The largest absolute Gasteiger partial charge is 0.343 e. The summed E-state index contributed by atoms with van der Waals surface area (Å²) in [6.45, 7) is 1.88. The zero-order valence-electron chi connectivity index (χ0n) is 16.0. The van der Waals surface area contributed by atoms with Gasteiger partial charge in [-0.15, -0.1) is 0 Å². The normalized spacial score (nSPS) is 12.3. The molecule has 0 aliphatic heterocycles. The van der Waals surface area contributed by atoms with E-state index in [0.29, 0.717) is 16.1 Å². The zero-order valence-corrected chi connectivity index (χ0v) is 16.7. The minimum atomic E-state index is -0.344. The van der Waals surface area contributed by atoms with Crippen molar-refractivity contribution >= 4 is 39.4 Å². The highest BCUT2D eigenvalue weighted by molar-refractivity contribution is 6.31. The minimum Gasteiger partial charge on any atom is -0.343 e. The molecule has 0 saturated heterocycles. The van der Waals surface area contributed by atoms with Crippen LogP contribution in [-0.4, -0.2) is 31.1 Å². The standard InChI is InChI=1S/C22H17ClN6O/c1-12(14-4-2-3-5-16(14)23)25-22(30)21-26-18-10-15-17(11-19(18)27-21)28-29-20(15)13-6-8-24-9-7-13/h2-12,28-29H,1H3,(H,25,30)/t12-/m1/s1. The van der Waals surface area contributed by atoms with E-state index in [0.717, 1.165) is 27.7 Å². The van der Waals surface area contributed by atoms with Crippen molar-refractivity contribution in [1.29, 1.82) is 0 Å². The number of nitrogens with zero attached hydrogens (tertiary/aromatic N) is 3. The molecule has 5 rings (SSSR count). The van der Waals surface area contributed by atoms with Gasteiger partial charge < -0.3 is 10.4 Å². The molecule has 3 aromatic heterocycles. The van der Waals surface area contributed by atoms with E-state index < -0.39 is 0 Å². The van der Waals surface area contributed by atoms with Crippen LogP contribution < -0.4 is 5.32 Å². The molecule has 0 spiro atoms. The van der Waals surface area contributed by atoms with Gasteiger partial charge in [0.25, 0.3) is 5.91 Å². The van der Waals surface area contributed by atoms with Crippen LogP contribution in [0.15, 0.2) is 60.9 Å². The van der Waals surface area contributed by atoms with E-state index in [4.69, 9.17) is 11.6 Å². The van der Waals surface area contributed by atoms with Crippen molar-refractivity contribution in [3.05, 3.63) is 77.3 Å². The van der Waals surface area contributed by atoms with Gasteiger partial charge in [-0.3, -0.25) is 14.9 Å². The summed E-state index contributed by atoms with van der Waals surface area (Å²) in [7, 11) is 0. The van der Waals surface area contributed by atoms with Gasteiger partial charge in [0, 0.05) is 28.4 Å². The molecule has 0 aliphatic rings. The quantitative estimate of drug-likeness (QED) is 0.397. The molecule has 3 N–H and O–H groups in total. The molecule has 30 heavy (non-hydrogen) atoms. The van der Waals surface area contributed by atoms with Crippen LogP contribution in [0.3, 0.4) is 0 Å². The number of hydrogen-bond donors (Lipinski definition) is 3. The number of fused-ring (bicyclic) bond motifs is 2. The van der Waals surface area contributed by atoms with E-state index >= 15 is 0 Å². The minimum absolute atomic E-state index is 0.131. The summed E-state index contributed by atoms with van der Waals surface area (Å²) in [6, 6.07) is 14.8. The Kier molecular flexibility index (Phi) is 4.44. The van der Waals surface area contributed by atoms with Crippen molar-refractivity contribution in [1.82, 2.24) is 30.5 Å². The van der Waals surface area contributed by atoms with Crippen molar-refractivity contribution in [3.63, 3.8) is 0 Å². The molecular formula is C22H17ClN6O. The highest BCUT2D eigenvalue weighted by Crippen LogP contribution is 2.29. The molecule has 0 fully saturated rings.